The minimum absolute atomic E-state index is 0.290. The van der Waals surface area contributed by atoms with Gasteiger partial charge >= 0.3 is 5.97 Å². The summed E-state index contributed by atoms with van der Waals surface area (Å²) in [6.07, 6.45) is 3.24. The molecule has 0 unspecified atom stereocenters. The molecular formula is C20H24N2O5. The molecule has 2 fully saturated rings. The number of hydrogen-bond donors (Lipinski definition) is 1. The second-order valence-electron chi connectivity index (χ2n) is 7.35. The maximum absolute atomic E-state index is 12.3. The van der Waals surface area contributed by atoms with Gasteiger partial charge in [0.1, 0.15) is 6.54 Å². The summed E-state index contributed by atoms with van der Waals surface area (Å²) in [5.74, 6) is -2.41. The molecule has 3 amide bonds. The first-order valence-corrected chi connectivity index (χ1v) is 9.24. The van der Waals surface area contributed by atoms with Gasteiger partial charge in [0.15, 0.2) is 6.61 Å². The Morgan fingerprint density at radius 3 is 2.15 bits per heavy atom. The summed E-state index contributed by atoms with van der Waals surface area (Å²) >= 11 is 0. The van der Waals surface area contributed by atoms with Crippen molar-refractivity contribution in [3.63, 3.8) is 0 Å². The summed E-state index contributed by atoms with van der Waals surface area (Å²) in [4.78, 5) is 49.7. The molecule has 2 atom stereocenters. The normalized spacial score (nSPS) is 21.8. The molecule has 0 bridgehead atoms. The monoisotopic (exact) mass is 372 g/mol. The van der Waals surface area contributed by atoms with E-state index in [0.29, 0.717) is 18.5 Å². The lowest BCUT2D eigenvalue weighted by Gasteiger charge is -2.19. The van der Waals surface area contributed by atoms with E-state index in [-0.39, 0.29) is 23.7 Å². The van der Waals surface area contributed by atoms with Crippen molar-refractivity contribution in [2.45, 2.75) is 39.5 Å². The third kappa shape index (κ3) is 4.35. The molecule has 1 N–H and O–H groups in total. The summed E-state index contributed by atoms with van der Waals surface area (Å²) in [7, 11) is 0. The van der Waals surface area contributed by atoms with Crippen molar-refractivity contribution in [1.82, 2.24) is 4.90 Å². The van der Waals surface area contributed by atoms with Crippen molar-refractivity contribution in [3.05, 3.63) is 29.3 Å². The zero-order valence-corrected chi connectivity index (χ0v) is 15.6. The predicted octanol–water partition coefficient (Wildman–Crippen LogP) is 1.96. The summed E-state index contributed by atoms with van der Waals surface area (Å²) in [6.45, 7) is 2.95. The minimum Gasteiger partial charge on any atom is -0.454 e. The molecule has 1 saturated heterocycles. The van der Waals surface area contributed by atoms with Gasteiger partial charge in [0.05, 0.1) is 11.8 Å². The van der Waals surface area contributed by atoms with Crippen molar-refractivity contribution in [3.8, 4) is 0 Å². The second kappa shape index (κ2) is 7.90. The number of benzene rings is 1. The molecule has 0 radical (unpaired) electrons. The Morgan fingerprint density at radius 1 is 1.04 bits per heavy atom. The third-order valence-corrected chi connectivity index (χ3v) is 5.09. The Morgan fingerprint density at radius 2 is 1.59 bits per heavy atom. The van der Waals surface area contributed by atoms with E-state index in [9.17, 15) is 19.2 Å². The lowest BCUT2D eigenvalue weighted by molar-refractivity contribution is -0.154. The average Bonchev–Trinajstić information content (AvgIpc) is 2.84. The van der Waals surface area contributed by atoms with Crippen LogP contribution < -0.4 is 5.32 Å². The van der Waals surface area contributed by atoms with Crippen LogP contribution in [0.2, 0.25) is 0 Å². The number of nitrogens with one attached hydrogen (secondary N) is 1. The van der Waals surface area contributed by atoms with Crippen LogP contribution in [0.15, 0.2) is 18.2 Å². The molecule has 0 spiro atoms. The SMILES string of the molecule is Cc1cc(C)cc(NC(=O)COC(=O)CN2C(=O)[C@H]3CCCC[C@@H]3C2=O)c1. The van der Waals surface area contributed by atoms with Crippen molar-refractivity contribution in [2.24, 2.45) is 11.8 Å². The van der Waals surface area contributed by atoms with Crippen LogP contribution in [0.1, 0.15) is 36.8 Å². The molecule has 7 heteroatoms. The first-order valence-electron chi connectivity index (χ1n) is 9.24. The third-order valence-electron chi connectivity index (χ3n) is 5.09. The number of fused-ring (bicyclic) bond motifs is 1. The topological polar surface area (TPSA) is 92.8 Å². The van der Waals surface area contributed by atoms with Gasteiger partial charge in [-0.15, -0.1) is 0 Å². The Labute approximate surface area is 158 Å². The Balaban J connectivity index is 1.50. The molecule has 144 valence electrons. The molecule has 1 aromatic carbocycles. The van der Waals surface area contributed by atoms with Crippen LogP contribution in [0.25, 0.3) is 0 Å². The number of carbonyl (C=O) groups excluding carboxylic acids is 4. The fourth-order valence-corrected chi connectivity index (χ4v) is 3.95. The van der Waals surface area contributed by atoms with Crippen LogP contribution in [0.4, 0.5) is 5.69 Å². The molecule has 1 heterocycles. The van der Waals surface area contributed by atoms with E-state index in [4.69, 9.17) is 4.74 Å². The van der Waals surface area contributed by atoms with Gasteiger partial charge in [-0.1, -0.05) is 18.9 Å². The highest BCUT2D eigenvalue weighted by Gasteiger charge is 2.48. The standard InChI is InChI=1S/C20H24N2O5/c1-12-7-13(2)9-14(8-12)21-17(23)11-27-18(24)10-22-19(25)15-5-3-4-6-16(15)20(22)26/h7-9,15-16H,3-6,10-11H2,1-2H3,(H,21,23)/t15-,16-/m0/s1. The Hall–Kier alpha value is -2.70. The molecule has 1 saturated carbocycles. The highest BCUT2D eigenvalue weighted by Crippen LogP contribution is 2.37. The van der Waals surface area contributed by atoms with E-state index in [0.717, 1.165) is 28.9 Å². The zero-order chi connectivity index (χ0) is 19.6. The number of likely N-dealkylation sites (tertiary alicyclic amines) is 1. The second-order valence-corrected chi connectivity index (χ2v) is 7.35. The van der Waals surface area contributed by atoms with Crippen LogP contribution in [-0.4, -0.2) is 41.7 Å². The van der Waals surface area contributed by atoms with Crippen molar-refractivity contribution < 1.29 is 23.9 Å². The van der Waals surface area contributed by atoms with Gasteiger partial charge in [0.25, 0.3) is 5.91 Å². The van der Waals surface area contributed by atoms with E-state index in [1.54, 1.807) is 0 Å². The first kappa shape index (κ1) is 19.1. The lowest BCUT2D eigenvalue weighted by atomic mass is 9.81. The molecule has 0 aromatic heterocycles. The number of esters is 1. The van der Waals surface area contributed by atoms with Gasteiger partial charge in [-0.2, -0.15) is 0 Å². The van der Waals surface area contributed by atoms with Crippen LogP contribution in [-0.2, 0) is 23.9 Å². The summed E-state index contributed by atoms with van der Waals surface area (Å²) in [5.41, 5.74) is 2.65. The van der Waals surface area contributed by atoms with Crippen molar-refractivity contribution >= 4 is 29.4 Å². The van der Waals surface area contributed by atoms with Gasteiger partial charge in [0, 0.05) is 5.69 Å². The highest BCUT2D eigenvalue weighted by atomic mass is 16.5. The van der Waals surface area contributed by atoms with Crippen LogP contribution in [0.5, 0.6) is 0 Å². The summed E-state index contributed by atoms with van der Waals surface area (Å²) in [5, 5.41) is 2.67. The molecule has 1 aliphatic carbocycles. The molecule has 1 aromatic rings. The maximum atomic E-state index is 12.3. The Kier molecular flexibility index (Phi) is 5.58. The number of rotatable bonds is 5. The number of carbonyl (C=O) groups is 4. The smallest absolute Gasteiger partial charge is 0.326 e. The highest BCUT2D eigenvalue weighted by molar-refractivity contribution is 6.07. The van der Waals surface area contributed by atoms with E-state index < -0.39 is 25.0 Å². The fourth-order valence-electron chi connectivity index (χ4n) is 3.95. The molecule has 3 rings (SSSR count). The number of hydrogen-bond acceptors (Lipinski definition) is 5. The average molecular weight is 372 g/mol. The van der Waals surface area contributed by atoms with E-state index in [1.807, 2.05) is 32.0 Å². The first-order chi connectivity index (χ1) is 12.8. The van der Waals surface area contributed by atoms with Gasteiger partial charge in [-0.05, 0) is 49.9 Å². The van der Waals surface area contributed by atoms with Crippen molar-refractivity contribution in [1.29, 1.82) is 0 Å². The lowest BCUT2D eigenvalue weighted by Crippen LogP contribution is -2.37. The quantitative estimate of drug-likeness (QED) is 0.630. The number of imide groups is 1. The minimum atomic E-state index is -0.758. The number of amides is 3. The van der Waals surface area contributed by atoms with Gasteiger partial charge < -0.3 is 10.1 Å². The van der Waals surface area contributed by atoms with E-state index in [2.05, 4.69) is 5.32 Å². The number of ether oxygens (including phenoxy) is 1. The van der Waals surface area contributed by atoms with Crippen LogP contribution in [0, 0.1) is 25.7 Å². The largest absolute Gasteiger partial charge is 0.454 e. The Bertz CT molecular complexity index is 744. The number of aryl methyl sites for hydroxylation is 2. The van der Waals surface area contributed by atoms with E-state index >= 15 is 0 Å². The molecule has 27 heavy (non-hydrogen) atoms. The fraction of sp³-hybridized carbons (Fsp3) is 0.500. The van der Waals surface area contributed by atoms with E-state index in [1.165, 1.54) is 0 Å². The van der Waals surface area contributed by atoms with Crippen molar-refractivity contribution in [2.75, 3.05) is 18.5 Å². The van der Waals surface area contributed by atoms with Crippen LogP contribution >= 0.6 is 0 Å². The number of nitrogens with zero attached hydrogens (tertiary/aromatic N) is 1. The van der Waals surface area contributed by atoms with Crippen LogP contribution in [0.3, 0.4) is 0 Å². The summed E-state index contributed by atoms with van der Waals surface area (Å²) < 4.78 is 4.95. The predicted molar refractivity (Wildman–Crippen MR) is 97.7 cm³/mol. The number of anilines is 1. The van der Waals surface area contributed by atoms with Gasteiger partial charge in [-0.3, -0.25) is 24.1 Å². The molecular weight excluding hydrogens is 348 g/mol. The summed E-state index contributed by atoms with van der Waals surface area (Å²) in [6, 6.07) is 5.61. The van der Waals surface area contributed by atoms with Gasteiger partial charge in [-0.25, -0.2) is 0 Å². The van der Waals surface area contributed by atoms with Gasteiger partial charge in [0.2, 0.25) is 11.8 Å². The maximum Gasteiger partial charge on any atom is 0.326 e. The zero-order valence-electron chi connectivity index (χ0n) is 15.6. The molecule has 1 aliphatic heterocycles. The molecule has 7 nitrogen and oxygen atoms in total. The molecule has 2 aliphatic rings.